The van der Waals surface area contributed by atoms with Gasteiger partial charge >= 0.3 is 12.1 Å². The fourth-order valence-corrected chi connectivity index (χ4v) is 7.84. The van der Waals surface area contributed by atoms with Crippen LogP contribution < -0.4 is 15.4 Å². The predicted molar refractivity (Wildman–Crippen MR) is 173 cm³/mol. The fourth-order valence-electron chi connectivity index (χ4n) is 7.14. The number of carboxylic acid groups (broad SMARTS) is 1. The molecule has 3 N–H and O–H groups in total. The second kappa shape index (κ2) is 14.0. The third-order valence-corrected chi connectivity index (χ3v) is 10.7. The zero-order valence-corrected chi connectivity index (χ0v) is 27.3. The quantitative estimate of drug-likeness (QED) is 0.389. The van der Waals surface area contributed by atoms with Crippen molar-refractivity contribution in [2.75, 3.05) is 12.8 Å². The molecule has 0 radical (unpaired) electrons. The fraction of sp³-hybridized carbons (Fsp3) is 0.559. The summed E-state index contributed by atoms with van der Waals surface area (Å²) in [5.74, 6) is -1.85. The third kappa shape index (κ3) is 7.29. The van der Waals surface area contributed by atoms with Crippen LogP contribution in [0.15, 0.2) is 47.5 Å². The van der Waals surface area contributed by atoms with Gasteiger partial charge in [-0.25, -0.2) is 9.59 Å². The molecule has 0 bridgehead atoms. The summed E-state index contributed by atoms with van der Waals surface area (Å²) >= 11 is 0. The van der Waals surface area contributed by atoms with Crippen LogP contribution >= 0.6 is 0 Å². The first-order valence-corrected chi connectivity index (χ1v) is 18.1. The van der Waals surface area contributed by atoms with Crippen LogP contribution in [0.1, 0.15) is 70.6 Å². The number of hydrogen-bond donors (Lipinski definition) is 3. The van der Waals surface area contributed by atoms with Crippen LogP contribution in [-0.4, -0.2) is 85.7 Å². The molecule has 3 heterocycles. The normalized spacial score (nSPS) is 29.9. The smallest absolute Gasteiger partial charge is 0.407 e. The molecule has 6 rings (SSSR count). The maximum Gasteiger partial charge on any atom is 0.407 e. The number of aliphatic carboxylic acids is 1. The summed E-state index contributed by atoms with van der Waals surface area (Å²) in [4.78, 5) is 59.4. The van der Waals surface area contributed by atoms with E-state index in [1.165, 1.54) is 4.90 Å². The molecule has 13 heteroatoms. The molecule has 2 aliphatic carbocycles. The van der Waals surface area contributed by atoms with Gasteiger partial charge in [-0.3, -0.25) is 18.8 Å². The maximum absolute atomic E-state index is 14.0. The summed E-state index contributed by atoms with van der Waals surface area (Å²) in [6, 6.07) is 5.57. The van der Waals surface area contributed by atoms with Crippen LogP contribution in [0.25, 0.3) is 10.9 Å². The Morgan fingerprint density at radius 1 is 1.11 bits per heavy atom. The van der Waals surface area contributed by atoms with Gasteiger partial charge in [0.25, 0.3) is 0 Å². The number of pyridine rings is 1. The van der Waals surface area contributed by atoms with Gasteiger partial charge in [-0.1, -0.05) is 24.6 Å². The lowest BCUT2D eigenvalue weighted by molar-refractivity contribution is -0.145. The lowest BCUT2D eigenvalue weighted by atomic mass is 10.0. The number of fused-ring (bicyclic) bond motifs is 3. The average Bonchev–Trinajstić information content (AvgIpc) is 3.32. The number of carbonyl (C=O) groups is 4. The van der Waals surface area contributed by atoms with Crippen molar-refractivity contribution in [2.24, 2.45) is 5.92 Å². The van der Waals surface area contributed by atoms with Gasteiger partial charge in [0.05, 0.1) is 27.8 Å². The maximum atomic E-state index is 14.0. The first kappa shape index (κ1) is 32.9. The number of amides is 3. The van der Waals surface area contributed by atoms with Gasteiger partial charge < -0.3 is 30.1 Å². The molecule has 2 aliphatic heterocycles. The lowest BCUT2D eigenvalue weighted by Crippen LogP contribution is -2.53. The minimum Gasteiger partial charge on any atom is -0.488 e. The van der Waals surface area contributed by atoms with Crippen molar-refractivity contribution in [1.82, 2.24) is 20.5 Å². The Hall–Kier alpha value is -4.00. The highest BCUT2D eigenvalue weighted by atomic mass is 32.2. The Morgan fingerprint density at radius 2 is 1.89 bits per heavy atom. The number of nitrogens with one attached hydrogen (secondary N) is 2. The molecule has 4 aliphatic rings. The molecule has 2 saturated carbocycles. The Kier molecular flexibility index (Phi) is 9.81. The second-order valence-electron chi connectivity index (χ2n) is 13.1. The number of alkyl carbamates (subject to hydrolysis) is 1. The van der Waals surface area contributed by atoms with E-state index in [1.54, 1.807) is 30.7 Å². The molecule has 47 heavy (non-hydrogen) atoms. The number of para-hydroxylation sites is 1. The standard InChI is InChI=1S/C34H42N4O8S/c1-47(44)28-14-8-13-25-27(15-16-35-30(25)28)45-24-18-26-31(40)37-34(32(41)42)19-21(34)9-4-2-3-5-10-22(17-29(39)38(26)20-24)36-33(43)46-23-11-6-7-12-23/h4,8-9,13-16,21-24,26H,2-3,5-7,10-12,17-20H2,1H3,(H,36,43)(H,37,40)(H,41,42)/b9-4-/t21-,22-,24+,26-,34+,47?/m0/s1. The first-order chi connectivity index (χ1) is 22.6. The summed E-state index contributed by atoms with van der Waals surface area (Å²) in [6.07, 6.45) is 12.6. The molecule has 3 amide bonds. The number of hydrogen-bond acceptors (Lipinski definition) is 8. The average molecular weight is 667 g/mol. The van der Waals surface area contributed by atoms with E-state index < -0.39 is 52.5 Å². The number of aromatic nitrogens is 1. The Morgan fingerprint density at radius 3 is 2.66 bits per heavy atom. The molecule has 3 fully saturated rings. The monoisotopic (exact) mass is 666 g/mol. The number of carbonyl (C=O) groups excluding carboxylic acids is 3. The van der Waals surface area contributed by atoms with Gasteiger partial charge in [-0.05, 0) is 69.6 Å². The van der Waals surface area contributed by atoms with Crippen LogP contribution in [0, 0.1) is 5.92 Å². The number of allylic oxidation sites excluding steroid dienone is 1. The van der Waals surface area contributed by atoms with Crippen molar-refractivity contribution in [2.45, 2.75) is 105 Å². The minimum atomic E-state index is -1.41. The minimum absolute atomic E-state index is 0.0390. The Balaban J connectivity index is 1.25. The van der Waals surface area contributed by atoms with Crippen molar-refractivity contribution >= 4 is 45.6 Å². The van der Waals surface area contributed by atoms with Gasteiger partial charge in [0, 0.05) is 42.6 Å². The second-order valence-corrected chi connectivity index (χ2v) is 14.4. The van der Waals surface area contributed by atoms with E-state index in [9.17, 15) is 28.5 Å². The van der Waals surface area contributed by atoms with Crippen molar-refractivity contribution < 1.29 is 38.0 Å². The van der Waals surface area contributed by atoms with E-state index in [2.05, 4.69) is 15.6 Å². The number of nitrogens with zero attached hydrogens (tertiary/aromatic N) is 2. The van der Waals surface area contributed by atoms with E-state index in [0.29, 0.717) is 28.0 Å². The summed E-state index contributed by atoms with van der Waals surface area (Å²) in [6.45, 7) is 0.0861. The highest BCUT2D eigenvalue weighted by molar-refractivity contribution is 7.84. The van der Waals surface area contributed by atoms with Crippen molar-refractivity contribution in [3.05, 3.63) is 42.6 Å². The molecule has 1 unspecified atom stereocenters. The molecule has 1 aromatic carbocycles. The number of benzene rings is 1. The molecular formula is C34H42N4O8S. The summed E-state index contributed by atoms with van der Waals surface area (Å²) in [7, 11) is -1.28. The zero-order chi connectivity index (χ0) is 33.1. The van der Waals surface area contributed by atoms with E-state index in [1.807, 2.05) is 18.2 Å². The molecule has 0 spiro atoms. The first-order valence-electron chi connectivity index (χ1n) is 16.5. The van der Waals surface area contributed by atoms with Crippen LogP contribution in [-0.2, 0) is 29.9 Å². The zero-order valence-electron chi connectivity index (χ0n) is 26.5. The van der Waals surface area contributed by atoms with Gasteiger partial charge in [0.2, 0.25) is 11.8 Å². The molecule has 6 atom stereocenters. The van der Waals surface area contributed by atoms with E-state index in [4.69, 9.17) is 9.47 Å². The molecule has 1 saturated heterocycles. The van der Waals surface area contributed by atoms with Crippen LogP contribution in [0.3, 0.4) is 0 Å². The number of ether oxygens (including phenoxy) is 2. The van der Waals surface area contributed by atoms with Crippen LogP contribution in [0.5, 0.6) is 5.75 Å². The van der Waals surface area contributed by atoms with E-state index in [-0.39, 0.29) is 43.7 Å². The molecule has 252 valence electrons. The third-order valence-electron chi connectivity index (χ3n) is 9.79. The summed E-state index contributed by atoms with van der Waals surface area (Å²) in [5.41, 5.74) is -0.870. The predicted octanol–water partition coefficient (Wildman–Crippen LogP) is 3.84. The van der Waals surface area contributed by atoms with Crippen LogP contribution in [0.2, 0.25) is 0 Å². The Labute approximate surface area is 276 Å². The summed E-state index contributed by atoms with van der Waals surface area (Å²) in [5, 5.41) is 16.4. The lowest BCUT2D eigenvalue weighted by Gasteiger charge is -2.27. The van der Waals surface area contributed by atoms with Crippen LogP contribution in [0.4, 0.5) is 4.79 Å². The molecular weight excluding hydrogens is 624 g/mol. The van der Waals surface area contributed by atoms with Gasteiger partial charge in [-0.2, -0.15) is 0 Å². The van der Waals surface area contributed by atoms with Gasteiger partial charge in [-0.15, -0.1) is 0 Å². The summed E-state index contributed by atoms with van der Waals surface area (Å²) < 4.78 is 24.4. The SMILES string of the molecule is CS(=O)c1cccc2c(O[C@@H]3C[C@H]4C(=O)N[C@]5(C(=O)O)C[C@@H]5/C=C\CCCC[C@H](NC(=O)OC5CCCC5)CC(=O)N4C3)ccnc12. The highest BCUT2D eigenvalue weighted by Crippen LogP contribution is 2.45. The van der Waals surface area contributed by atoms with Crippen molar-refractivity contribution in [3.8, 4) is 5.75 Å². The van der Waals surface area contributed by atoms with Crippen molar-refractivity contribution in [3.63, 3.8) is 0 Å². The van der Waals surface area contributed by atoms with Crippen molar-refractivity contribution in [1.29, 1.82) is 0 Å². The number of rotatable bonds is 6. The molecule has 1 aromatic heterocycles. The number of carboxylic acids is 1. The molecule has 12 nitrogen and oxygen atoms in total. The Bertz CT molecular complexity index is 1590. The topological polar surface area (TPSA) is 164 Å². The molecule has 2 aromatic rings. The highest BCUT2D eigenvalue weighted by Gasteiger charge is 2.61. The van der Waals surface area contributed by atoms with E-state index >= 15 is 0 Å². The van der Waals surface area contributed by atoms with E-state index in [0.717, 1.165) is 44.9 Å². The van der Waals surface area contributed by atoms with Gasteiger partial charge in [0.1, 0.15) is 29.5 Å². The van der Waals surface area contributed by atoms with Gasteiger partial charge in [0.15, 0.2) is 0 Å². The largest absolute Gasteiger partial charge is 0.488 e.